The molecular weight excluding hydrogens is 384 g/mol. The van der Waals surface area contributed by atoms with Crippen LogP contribution in [0.3, 0.4) is 0 Å². The number of epoxide rings is 1. The van der Waals surface area contributed by atoms with E-state index in [1.165, 1.54) is 22.3 Å². The van der Waals surface area contributed by atoms with Crippen LogP contribution in [0.5, 0.6) is 11.5 Å². The van der Waals surface area contributed by atoms with Crippen LogP contribution in [0.15, 0.2) is 72.8 Å². The lowest BCUT2D eigenvalue weighted by Gasteiger charge is -2.35. The highest BCUT2D eigenvalue weighted by Gasteiger charge is 2.32. The van der Waals surface area contributed by atoms with Gasteiger partial charge in [0.25, 0.3) is 0 Å². The van der Waals surface area contributed by atoms with Crippen molar-refractivity contribution < 1.29 is 14.2 Å². The monoisotopic (exact) mass is 414 g/mol. The summed E-state index contributed by atoms with van der Waals surface area (Å²) in [5, 5.41) is 0. The molecule has 0 spiro atoms. The summed E-state index contributed by atoms with van der Waals surface area (Å²) < 4.78 is 16.7. The molecule has 3 atom stereocenters. The van der Waals surface area contributed by atoms with Crippen LogP contribution < -0.4 is 9.47 Å². The van der Waals surface area contributed by atoms with Gasteiger partial charge in [-0.05, 0) is 78.1 Å². The second kappa shape index (κ2) is 9.15. The van der Waals surface area contributed by atoms with E-state index in [1.807, 2.05) is 0 Å². The summed E-state index contributed by atoms with van der Waals surface area (Å²) in [5.41, 5.74) is 5.58. The number of fused-ring (bicyclic) bond motifs is 1. The second-order valence-electron chi connectivity index (χ2n) is 8.61. The summed E-state index contributed by atoms with van der Waals surface area (Å²) in [6.45, 7) is 1.67. The van der Waals surface area contributed by atoms with Gasteiger partial charge in [-0.3, -0.25) is 0 Å². The third-order valence-corrected chi connectivity index (χ3v) is 6.62. The second-order valence-corrected chi connectivity index (χ2v) is 8.61. The molecule has 3 heteroatoms. The highest BCUT2D eigenvalue weighted by atomic mass is 16.6. The molecule has 0 aromatic heterocycles. The summed E-state index contributed by atoms with van der Waals surface area (Å²) >= 11 is 0. The van der Waals surface area contributed by atoms with E-state index in [4.69, 9.17) is 14.2 Å². The maximum atomic E-state index is 5.97. The predicted molar refractivity (Wildman–Crippen MR) is 123 cm³/mol. The first kappa shape index (κ1) is 20.1. The summed E-state index contributed by atoms with van der Waals surface area (Å²) in [6.07, 6.45) is 4.83. The first-order valence-electron chi connectivity index (χ1n) is 11.4. The molecule has 1 saturated heterocycles. The van der Waals surface area contributed by atoms with Crippen LogP contribution in [-0.4, -0.2) is 26.4 Å². The molecule has 0 N–H and O–H groups in total. The highest BCUT2D eigenvalue weighted by molar-refractivity contribution is 5.48. The van der Waals surface area contributed by atoms with Gasteiger partial charge in [0.15, 0.2) is 0 Å². The van der Waals surface area contributed by atoms with Gasteiger partial charge >= 0.3 is 0 Å². The Kier molecular flexibility index (Phi) is 5.95. The van der Waals surface area contributed by atoms with Gasteiger partial charge < -0.3 is 14.2 Å². The minimum atomic E-state index is 0.332. The Morgan fingerprint density at radius 1 is 0.903 bits per heavy atom. The van der Waals surface area contributed by atoms with Crippen LogP contribution in [0, 0.1) is 0 Å². The zero-order valence-corrected chi connectivity index (χ0v) is 18.1. The van der Waals surface area contributed by atoms with Crippen LogP contribution in [0.4, 0.5) is 0 Å². The number of hydrogen-bond donors (Lipinski definition) is 0. The fraction of sp³-hybridized carbons (Fsp3) is 0.357. The van der Waals surface area contributed by atoms with Crippen LogP contribution >= 0.6 is 0 Å². The summed E-state index contributed by atoms with van der Waals surface area (Å²) in [7, 11) is 1.74. The largest absolute Gasteiger partial charge is 0.497 e. The molecule has 160 valence electrons. The molecule has 1 aliphatic carbocycles. The van der Waals surface area contributed by atoms with Crippen molar-refractivity contribution in [2.75, 3.05) is 20.3 Å². The standard InChI is InChI=1S/C28H30O3/c1-29-24-14-16-27-22(18-24)11-15-26(20-6-3-2-4-7-20)28(27)21-9-12-23(13-10-21)30-17-5-8-25-19-31-25/h2-4,6-7,9-10,12-14,16,18,25-26,28H,5,8,11,15,17,19H2,1H3. The van der Waals surface area contributed by atoms with Gasteiger partial charge in [0.2, 0.25) is 0 Å². The average molecular weight is 415 g/mol. The maximum Gasteiger partial charge on any atom is 0.119 e. The van der Waals surface area contributed by atoms with Crippen molar-refractivity contribution in [3.05, 3.63) is 95.1 Å². The van der Waals surface area contributed by atoms with Gasteiger partial charge in [-0.25, -0.2) is 0 Å². The molecule has 31 heavy (non-hydrogen) atoms. The van der Waals surface area contributed by atoms with Gasteiger partial charge in [0.1, 0.15) is 11.5 Å². The van der Waals surface area contributed by atoms with Crippen molar-refractivity contribution >= 4 is 0 Å². The first-order chi connectivity index (χ1) is 15.3. The quantitative estimate of drug-likeness (QED) is 0.329. The Balaban J connectivity index is 1.40. The zero-order chi connectivity index (χ0) is 21.0. The molecule has 1 heterocycles. The minimum Gasteiger partial charge on any atom is -0.497 e. The fourth-order valence-electron chi connectivity index (χ4n) is 4.90. The molecule has 3 aromatic carbocycles. The molecule has 2 aliphatic rings. The van der Waals surface area contributed by atoms with Crippen LogP contribution in [0.25, 0.3) is 0 Å². The molecular formula is C28H30O3. The smallest absolute Gasteiger partial charge is 0.119 e. The fourth-order valence-corrected chi connectivity index (χ4v) is 4.90. The SMILES string of the molecule is COc1ccc2c(c1)CCC(c1ccccc1)C2c1ccc(OCCCC2CO2)cc1. The third-order valence-electron chi connectivity index (χ3n) is 6.62. The summed E-state index contributed by atoms with van der Waals surface area (Å²) in [4.78, 5) is 0. The van der Waals surface area contributed by atoms with E-state index in [9.17, 15) is 0 Å². The zero-order valence-electron chi connectivity index (χ0n) is 18.1. The summed E-state index contributed by atoms with van der Waals surface area (Å²) in [5.74, 6) is 2.68. The highest BCUT2D eigenvalue weighted by Crippen LogP contribution is 2.47. The Morgan fingerprint density at radius 3 is 2.42 bits per heavy atom. The average Bonchev–Trinajstić information content (AvgIpc) is 3.66. The van der Waals surface area contributed by atoms with E-state index in [1.54, 1.807) is 7.11 Å². The Labute approximate surface area is 185 Å². The molecule has 5 rings (SSSR count). The van der Waals surface area contributed by atoms with Gasteiger partial charge in [-0.2, -0.15) is 0 Å². The maximum absolute atomic E-state index is 5.97. The molecule has 1 aliphatic heterocycles. The number of methoxy groups -OCH3 is 1. The van der Waals surface area contributed by atoms with E-state index in [-0.39, 0.29) is 0 Å². The van der Waals surface area contributed by atoms with E-state index < -0.39 is 0 Å². The van der Waals surface area contributed by atoms with Gasteiger partial charge in [0.05, 0.1) is 26.4 Å². The topological polar surface area (TPSA) is 31.0 Å². The van der Waals surface area contributed by atoms with Crippen molar-refractivity contribution in [3.63, 3.8) is 0 Å². The van der Waals surface area contributed by atoms with Crippen molar-refractivity contribution in [1.29, 1.82) is 0 Å². The van der Waals surface area contributed by atoms with Crippen molar-refractivity contribution in [2.45, 2.75) is 43.6 Å². The molecule has 3 unspecified atom stereocenters. The molecule has 3 aromatic rings. The van der Waals surface area contributed by atoms with Gasteiger partial charge in [-0.15, -0.1) is 0 Å². The first-order valence-corrected chi connectivity index (χ1v) is 11.4. The van der Waals surface area contributed by atoms with Crippen LogP contribution in [0.2, 0.25) is 0 Å². The predicted octanol–water partition coefficient (Wildman–Crippen LogP) is 6.11. The Hall–Kier alpha value is -2.78. The van der Waals surface area contributed by atoms with Crippen molar-refractivity contribution in [3.8, 4) is 11.5 Å². The molecule has 0 saturated carbocycles. The lowest BCUT2D eigenvalue weighted by atomic mass is 9.69. The normalized spacial score (nSPS) is 21.9. The Bertz CT molecular complexity index is 993. The number of benzene rings is 3. The van der Waals surface area contributed by atoms with Gasteiger partial charge in [-0.1, -0.05) is 48.5 Å². The molecule has 0 amide bonds. The third kappa shape index (κ3) is 4.62. The van der Waals surface area contributed by atoms with Crippen LogP contribution in [0.1, 0.15) is 53.4 Å². The number of aryl methyl sites for hydroxylation is 1. The minimum absolute atomic E-state index is 0.332. The number of ether oxygens (including phenoxy) is 3. The lowest BCUT2D eigenvalue weighted by molar-refractivity contribution is 0.293. The Morgan fingerprint density at radius 2 is 1.68 bits per heavy atom. The summed E-state index contributed by atoms with van der Waals surface area (Å²) in [6, 6.07) is 26.3. The number of rotatable bonds is 8. The molecule has 0 bridgehead atoms. The van der Waals surface area contributed by atoms with Gasteiger partial charge in [0, 0.05) is 5.92 Å². The van der Waals surface area contributed by atoms with Crippen molar-refractivity contribution in [2.24, 2.45) is 0 Å². The lowest BCUT2D eigenvalue weighted by Crippen LogP contribution is -2.20. The molecule has 3 nitrogen and oxygen atoms in total. The van der Waals surface area contributed by atoms with E-state index >= 15 is 0 Å². The molecule has 1 fully saturated rings. The van der Waals surface area contributed by atoms with E-state index in [0.717, 1.165) is 50.4 Å². The molecule has 0 radical (unpaired) electrons. The van der Waals surface area contributed by atoms with E-state index in [2.05, 4.69) is 72.8 Å². The van der Waals surface area contributed by atoms with E-state index in [0.29, 0.717) is 17.9 Å². The van der Waals surface area contributed by atoms with Crippen LogP contribution in [-0.2, 0) is 11.2 Å². The number of hydrogen-bond acceptors (Lipinski definition) is 3. The van der Waals surface area contributed by atoms with Crippen molar-refractivity contribution in [1.82, 2.24) is 0 Å².